The summed E-state index contributed by atoms with van der Waals surface area (Å²) < 4.78 is 4.70. The fraction of sp³-hybridized carbons (Fsp3) is 0.111. The van der Waals surface area contributed by atoms with Crippen molar-refractivity contribution in [3.8, 4) is 0 Å². The quantitative estimate of drug-likeness (QED) is 0.407. The molecule has 0 heterocycles. The molecule has 0 saturated heterocycles. The fourth-order valence-electron chi connectivity index (χ4n) is 0.831. The molecular formula is C9H9NO2. The standard InChI is InChI=1S/C9H9NO2/c1-12-9(10)8-4-2-7(6-11)3-5-8/h2-6,10H,1H3. The molecule has 1 rings (SSSR count). The second-order valence-corrected chi connectivity index (χ2v) is 2.27. The summed E-state index contributed by atoms with van der Waals surface area (Å²) in [5.41, 5.74) is 1.27. The van der Waals surface area contributed by atoms with E-state index in [0.29, 0.717) is 11.1 Å². The van der Waals surface area contributed by atoms with Crippen LogP contribution in [0, 0.1) is 5.41 Å². The summed E-state index contributed by atoms with van der Waals surface area (Å²) >= 11 is 0. The van der Waals surface area contributed by atoms with Crippen LogP contribution in [0.5, 0.6) is 0 Å². The normalized spacial score (nSPS) is 9.08. The summed E-state index contributed by atoms with van der Waals surface area (Å²) in [6.07, 6.45) is 0.764. The summed E-state index contributed by atoms with van der Waals surface area (Å²) in [7, 11) is 1.44. The third-order valence-corrected chi connectivity index (χ3v) is 1.51. The Bertz CT molecular complexity index is 290. The van der Waals surface area contributed by atoms with Crippen molar-refractivity contribution in [2.24, 2.45) is 0 Å². The molecule has 62 valence electrons. The van der Waals surface area contributed by atoms with E-state index in [1.54, 1.807) is 24.3 Å². The molecule has 3 nitrogen and oxygen atoms in total. The summed E-state index contributed by atoms with van der Waals surface area (Å²) in [5, 5.41) is 7.30. The number of methoxy groups -OCH3 is 1. The molecule has 0 saturated carbocycles. The molecule has 0 amide bonds. The molecule has 12 heavy (non-hydrogen) atoms. The Labute approximate surface area is 70.5 Å². The molecule has 1 aromatic carbocycles. The van der Waals surface area contributed by atoms with Gasteiger partial charge in [0.25, 0.3) is 0 Å². The topological polar surface area (TPSA) is 50.1 Å². The molecular weight excluding hydrogens is 154 g/mol. The van der Waals surface area contributed by atoms with Crippen LogP contribution < -0.4 is 0 Å². The van der Waals surface area contributed by atoms with Gasteiger partial charge in [0.15, 0.2) is 0 Å². The zero-order valence-electron chi connectivity index (χ0n) is 6.70. The van der Waals surface area contributed by atoms with Crippen LogP contribution in [0.3, 0.4) is 0 Å². The lowest BCUT2D eigenvalue weighted by atomic mass is 10.1. The number of hydrogen-bond donors (Lipinski definition) is 1. The van der Waals surface area contributed by atoms with Crippen LogP contribution in [0.25, 0.3) is 0 Å². The first-order chi connectivity index (χ1) is 5.77. The van der Waals surface area contributed by atoms with Crippen molar-refractivity contribution in [3.05, 3.63) is 35.4 Å². The molecule has 1 aromatic rings. The third-order valence-electron chi connectivity index (χ3n) is 1.51. The molecule has 3 heteroatoms. The molecule has 0 aliphatic carbocycles. The Hall–Kier alpha value is -1.64. The predicted molar refractivity (Wildman–Crippen MR) is 45.7 cm³/mol. The Morgan fingerprint density at radius 1 is 1.42 bits per heavy atom. The molecule has 0 fully saturated rings. The predicted octanol–water partition coefficient (Wildman–Crippen LogP) is 1.47. The lowest BCUT2D eigenvalue weighted by molar-refractivity contribution is 0.112. The van der Waals surface area contributed by atoms with Gasteiger partial charge in [0.1, 0.15) is 6.29 Å². The molecule has 0 radical (unpaired) electrons. The van der Waals surface area contributed by atoms with Gasteiger partial charge in [-0.2, -0.15) is 0 Å². The van der Waals surface area contributed by atoms with Crippen molar-refractivity contribution >= 4 is 12.2 Å². The van der Waals surface area contributed by atoms with Crippen LogP contribution in [0.4, 0.5) is 0 Å². The van der Waals surface area contributed by atoms with Gasteiger partial charge in [-0.1, -0.05) is 12.1 Å². The number of aldehydes is 1. The Kier molecular flexibility index (Phi) is 2.58. The molecule has 1 N–H and O–H groups in total. The fourth-order valence-corrected chi connectivity index (χ4v) is 0.831. The minimum atomic E-state index is 0.104. The average Bonchev–Trinajstić information content (AvgIpc) is 2.17. The lowest BCUT2D eigenvalue weighted by Crippen LogP contribution is -2.00. The van der Waals surface area contributed by atoms with Crippen LogP contribution >= 0.6 is 0 Å². The van der Waals surface area contributed by atoms with Crippen molar-refractivity contribution in [3.63, 3.8) is 0 Å². The van der Waals surface area contributed by atoms with Crippen molar-refractivity contribution < 1.29 is 9.53 Å². The van der Waals surface area contributed by atoms with Gasteiger partial charge >= 0.3 is 0 Å². The highest BCUT2D eigenvalue weighted by atomic mass is 16.5. The number of benzene rings is 1. The van der Waals surface area contributed by atoms with E-state index in [9.17, 15) is 4.79 Å². The van der Waals surface area contributed by atoms with Gasteiger partial charge in [-0.15, -0.1) is 0 Å². The number of rotatable bonds is 2. The number of carbonyl (C=O) groups is 1. The monoisotopic (exact) mass is 163 g/mol. The molecule has 0 aliphatic heterocycles. The summed E-state index contributed by atoms with van der Waals surface area (Å²) in [5.74, 6) is 0.104. The molecule has 0 aromatic heterocycles. The number of nitrogens with one attached hydrogen (secondary N) is 1. The maximum Gasteiger partial charge on any atom is 0.212 e. The minimum Gasteiger partial charge on any atom is -0.481 e. The Morgan fingerprint density at radius 3 is 2.42 bits per heavy atom. The van der Waals surface area contributed by atoms with Crippen LogP contribution in [0.15, 0.2) is 24.3 Å². The number of ether oxygens (including phenoxy) is 1. The van der Waals surface area contributed by atoms with Gasteiger partial charge in [-0.25, -0.2) is 0 Å². The van der Waals surface area contributed by atoms with Crippen LogP contribution in [0.1, 0.15) is 15.9 Å². The first kappa shape index (κ1) is 8.46. The van der Waals surface area contributed by atoms with Crippen molar-refractivity contribution in [2.75, 3.05) is 7.11 Å². The van der Waals surface area contributed by atoms with Crippen LogP contribution in [-0.2, 0) is 4.74 Å². The van der Waals surface area contributed by atoms with Gasteiger partial charge in [0.05, 0.1) is 7.11 Å². The van der Waals surface area contributed by atoms with E-state index in [2.05, 4.69) is 0 Å². The average molecular weight is 163 g/mol. The van der Waals surface area contributed by atoms with Crippen molar-refractivity contribution in [1.29, 1.82) is 5.41 Å². The van der Waals surface area contributed by atoms with E-state index < -0.39 is 0 Å². The first-order valence-corrected chi connectivity index (χ1v) is 3.46. The lowest BCUT2D eigenvalue weighted by Gasteiger charge is -2.00. The zero-order valence-corrected chi connectivity index (χ0v) is 6.70. The zero-order chi connectivity index (χ0) is 8.97. The second-order valence-electron chi connectivity index (χ2n) is 2.27. The van der Waals surface area contributed by atoms with E-state index in [1.807, 2.05) is 0 Å². The van der Waals surface area contributed by atoms with Gasteiger partial charge < -0.3 is 4.74 Å². The minimum absolute atomic E-state index is 0.104. The van der Waals surface area contributed by atoms with Crippen LogP contribution in [0.2, 0.25) is 0 Å². The van der Waals surface area contributed by atoms with E-state index in [0.717, 1.165) is 6.29 Å². The maximum absolute atomic E-state index is 10.3. The first-order valence-electron chi connectivity index (χ1n) is 3.46. The van der Waals surface area contributed by atoms with Crippen LogP contribution in [-0.4, -0.2) is 19.3 Å². The van der Waals surface area contributed by atoms with Gasteiger partial charge in [0, 0.05) is 11.1 Å². The SMILES string of the molecule is COC(=N)c1ccc(C=O)cc1. The van der Waals surface area contributed by atoms with Gasteiger partial charge in [-0.05, 0) is 12.1 Å². The van der Waals surface area contributed by atoms with E-state index in [1.165, 1.54) is 7.11 Å². The molecule has 0 bridgehead atoms. The largest absolute Gasteiger partial charge is 0.481 e. The highest BCUT2D eigenvalue weighted by molar-refractivity contribution is 5.92. The highest BCUT2D eigenvalue weighted by Gasteiger charge is 1.98. The highest BCUT2D eigenvalue weighted by Crippen LogP contribution is 2.03. The summed E-state index contributed by atoms with van der Waals surface area (Å²) in [6, 6.07) is 6.65. The molecule has 0 spiro atoms. The Morgan fingerprint density at radius 2 is 2.00 bits per heavy atom. The number of carbonyl (C=O) groups excluding carboxylic acids is 1. The molecule has 0 unspecified atom stereocenters. The maximum atomic E-state index is 10.3. The van der Waals surface area contributed by atoms with E-state index in [4.69, 9.17) is 10.1 Å². The second kappa shape index (κ2) is 3.67. The van der Waals surface area contributed by atoms with Crippen molar-refractivity contribution in [2.45, 2.75) is 0 Å². The molecule has 0 aliphatic rings. The number of hydrogen-bond acceptors (Lipinski definition) is 3. The summed E-state index contributed by atoms with van der Waals surface area (Å²) in [4.78, 5) is 10.3. The molecule has 0 atom stereocenters. The van der Waals surface area contributed by atoms with Crippen molar-refractivity contribution in [1.82, 2.24) is 0 Å². The van der Waals surface area contributed by atoms with E-state index >= 15 is 0 Å². The van der Waals surface area contributed by atoms with E-state index in [-0.39, 0.29) is 5.90 Å². The summed E-state index contributed by atoms with van der Waals surface area (Å²) in [6.45, 7) is 0. The van der Waals surface area contributed by atoms with Gasteiger partial charge in [-0.3, -0.25) is 10.2 Å². The van der Waals surface area contributed by atoms with Gasteiger partial charge in [0.2, 0.25) is 5.90 Å². The Balaban J connectivity index is 2.91. The smallest absolute Gasteiger partial charge is 0.212 e. The third kappa shape index (κ3) is 1.69.